The zero-order valence-corrected chi connectivity index (χ0v) is 13.0. The molecule has 0 saturated heterocycles. The van der Waals surface area contributed by atoms with E-state index in [1.165, 1.54) is 11.3 Å². The maximum Gasteiger partial charge on any atom is 0.231 e. The molecule has 0 aromatic carbocycles. The van der Waals surface area contributed by atoms with Gasteiger partial charge in [0.05, 0.1) is 5.69 Å². The standard InChI is InChI=1S/C13H18N6OS/c1-3-18(13-14-9(2)8-21-13)12(20)10-4-5-11-15-16-17-19(11)7-6-10/h8,10H,3-7H2,1-2H3. The molecule has 3 rings (SSSR count). The van der Waals surface area contributed by atoms with Crippen molar-refractivity contribution in [3.8, 4) is 0 Å². The van der Waals surface area contributed by atoms with Crippen LogP contribution in [-0.4, -0.2) is 37.6 Å². The van der Waals surface area contributed by atoms with Crippen LogP contribution >= 0.6 is 11.3 Å². The SMILES string of the molecule is CCN(C(=O)C1CCc2nnnn2CC1)c1nc(C)cs1. The average Bonchev–Trinajstić information content (AvgIpc) is 3.05. The van der Waals surface area contributed by atoms with Crippen LogP contribution in [-0.2, 0) is 17.8 Å². The Hall–Kier alpha value is -1.83. The van der Waals surface area contributed by atoms with Crippen LogP contribution in [0.15, 0.2) is 5.38 Å². The Morgan fingerprint density at radius 3 is 3.10 bits per heavy atom. The lowest BCUT2D eigenvalue weighted by molar-refractivity contribution is -0.122. The predicted molar refractivity (Wildman–Crippen MR) is 79.1 cm³/mol. The molecule has 1 aliphatic heterocycles. The van der Waals surface area contributed by atoms with Gasteiger partial charge in [-0.15, -0.1) is 16.4 Å². The lowest BCUT2D eigenvalue weighted by Gasteiger charge is -2.23. The third kappa shape index (κ3) is 2.80. The highest BCUT2D eigenvalue weighted by Crippen LogP contribution is 2.26. The monoisotopic (exact) mass is 306 g/mol. The summed E-state index contributed by atoms with van der Waals surface area (Å²) in [4.78, 5) is 19.0. The number of aromatic nitrogens is 5. The number of amides is 1. The topological polar surface area (TPSA) is 76.8 Å². The lowest BCUT2D eigenvalue weighted by atomic mass is 9.99. The van der Waals surface area contributed by atoms with Gasteiger partial charge in [-0.3, -0.25) is 9.69 Å². The molecule has 2 aromatic heterocycles. The van der Waals surface area contributed by atoms with Gasteiger partial charge >= 0.3 is 0 Å². The van der Waals surface area contributed by atoms with E-state index in [1.54, 1.807) is 9.58 Å². The summed E-state index contributed by atoms with van der Waals surface area (Å²) in [5, 5.41) is 14.4. The summed E-state index contributed by atoms with van der Waals surface area (Å²) in [7, 11) is 0. The van der Waals surface area contributed by atoms with Crippen LogP contribution in [0.1, 0.15) is 31.3 Å². The van der Waals surface area contributed by atoms with E-state index in [1.807, 2.05) is 19.2 Å². The first-order valence-corrected chi connectivity index (χ1v) is 8.05. The largest absolute Gasteiger partial charge is 0.288 e. The molecule has 0 aliphatic carbocycles. The first-order chi connectivity index (χ1) is 10.2. The van der Waals surface area contributed by atoms with Crippen LogP contribution in [0, 0.1) is 12.8 Å². The van der Waals surface area contributed by atoms with Crippen LogP contribution < -0.4 is 4.90 Å². The molecule has 21 heavy (non-hydrogen) atoms. The number of carbonyl (C=O) groups is 1. The van der Waals surface area contributed by atoms with E-state index in [4.69, 9.17) is 0 Å². The Bertz CT molecular complexity index is 614. The molecule has 112 valence electrons. The van der Waals surface area contributed by atoms with Crippen molar-refractivity contribution in [3.05, 3.63) is 16.9 Å². The zero-order valence-electron chi connectivity index (χ0n) is 12.2. The second kappa shape index (κ2) is 5.88. The maximum absolute atomic E-state index is 12.8. The molecule has 0 radical (unpaired) electrons. The number of aryl methyl sites for hydroxylation is 3. The molecule has 1 amide bonds. The number of anilines is 1. The number of nitrogens with zero attached hydrogens (tertiary/aromatic N) is 6. The number of hydrogen-bond acceptors (Lipinski definition) is 6. The fourth-order valence-electron chi connectivity index (χ4n) is 2.62. The number of tetrazole rings is 1. The summed E-state index contributed by atoms with van der Waals surface area (Å²) in [6, 6.07) is 0. The number of hydrogen-bond donors (Lipinski definition) is 0. The highest BCUT2D eigenvalue weighted by atomic mass is 32.1. The number of thiazole rings is 1. The molecule has 1 atom stereocenters. The molecular formula is C13H18N6OS. The first kappa shape index (κ1) is 14.1. The Balaban J connectivity index is 1.73. The average molecular weight is 306 g/mol. The predicted octanol–water partition coefficient (Wildman–Crippen LogP) is 1.44. The second-order valence-corrected chi connectivity index (χ2v) is 6.03. The van der Waals surface area contributed by atoms with Gasteiger partial charge < -0.3 is 0 Å². The number of carbonyl (C=O) groups excluding carboxylic acids is 1. The van der Waals surface area contributed by atoms with Crippen molar-refractivity contribution < 1.29 is 4.79 Å². The fraction of sp³-hybridized carbons (Fsp3) is 0.615. The van der Waals surface area contributed by atoms with E-state index >= 15 is 0 Å². The molecule has 0 spiro atoms. The van der Waals surface area contributed by atoms with E-state index in [0.29, 0.717) is 13.1 Å². The highest BCUT2D eigenvalue weighted by molar-refractivity contribution is 7.14. The maximum atomic E-state index is 12.8. The van der Waals surface area contributed by atoms with Crippen molar-refractivity contribution in [2.24, 2.45) is 5.92 Å². The molecule has 2 aromatic rings. The Morgan fingerprint density at radius 1 is 1.52 bits per heavy atom. The van der Waals surface area contributed by atoms with Crippen molar-refractivity contribution in [2.75, 3.05) is 11.4 Å². The van der Waals surface area contributed by atoms with Crippen molar-refractivity contribution in [2.45, 2.75) is 39.7 Å². The second-order valence-electron chi connectivity index (χ2n) is 5.20. The minimum atomic E-state index is -0.00217. The minimum Gasteiger partial charge on any atom is -0.288 e. The molecule has 0 bridgehead atoms. The molecule has 0 N–H and O–H groups in total. The third-order valence-electron chi connectivity index (χ3n) is 3.78. The Morgan fingerprint density at radius 2 is 2.38 bits per heavy atom. The molecule has 0 saturated carbocycles. The van der Waals surface area contributed by atoms with Gasteiger partial charge in [-0.1, -0.05) is 0 Å². The van der Waals surface area contributed by atoms with Gasteiger partial charge in [-0.05, 0) is 37.1 Å². The summed E-state index contributed by atoms with van der Waals surface area (Å²) < 4.78 is 1.80. The van der Waals surface area contributed by atoms with Gasteiger partial charge in [0.25, 0.3) is 0 Å². The summed E-state index contributed by atoms with van der Waals surface area (Å²) in [6.07, 6.45) is 2.32. The van der Waals surface area contributed by atoms with E-state index in [9.17, 15) is 4.79 Å². The molecule has 3 heterocycles. The first-order valence-electron chi connectivity index (χ1n) is 7.17. The van der Waals surface area contributed by atoms with Crippen LogP contribution in [0.25, 0.3) is 0 Å². The van der Waals surface area contributed by atoms with Gasteiger partial charge in [-0.25, -0.2) is 9.67 Å². The van der Waals surface area contributed by atoms with Crippen LogP contribution in [0.5, 0.6) is 0 Å². The van der Waals surface area contributed by atoms with Crippen molar-refractivity contribution in [1.29, 1.82) is 0 Å². The summed E-state index contributed by atoms with van der Waals surface area (Å²) in [5.74, 6) is 1.03. The van der Waals surface area contributed by atoms with Crippen LogP contribution in [0.4, 0.5) is 5.13 Å². The zero-order chi connectivity index (χ0) is 14.8. The summed E-state index contributed by atoms with van der Waals surface area (Å²) >= 11 is 1.52. The minimum absolute atomic E-state index is 0.00217. The van der Waals surface area contributed by atoms with Crippen molar-refractivity contribution in [3.63, 3.8) is 0 Å². The Labute approximate surface area is 127 Å². The third-order valence-corrected chi connectivity index (χ3v) is 4.76. The van der Waals surface area contributed by atoms with Crippen molar-refractivity contribution in [1.82, 2.24) is 25.2 Å². The normalized spacial score (nSPS) is 18.1. The van der Waals surface area contributed by atoms with Crippen LogP contribution in [0.3, 0.4) is 0 Å². The van der Waals surface area contributed by atoms with Crippen molar-refractivity contribution >= 4 is 22.4 Å². The fourth-order valence-corrected chi connectivity index (χ4v) is 3.49. The summed E-state index contributed by atoms with van der Waals surface area (Å²) in [5.41, 5.74) is 0.956. The van der Waals surface area contributed by atoms with Crippen LogP contribution in [0.2, 0.25) is 0 Å². The van der Waals surface area contributed by atoms with E-state index in [2.05, 4.69) is 20.5 Å². The molecular weight excluding hydrogens is 288 g/mol. The lowest BCUT2D eigenvalue weighted by Crippen LogP contribution is -2.36. The number of fused-ring (bicyclic) bond motifs is 1. The van der Waals surface area contributed by atoms with E-state index in [0.717, 1.165) is 35.9 Å². The van der Waals surface area contributed by atoms with Gasteiger partial charge in [-0.2, -0.15) is 0 Å². The summed E-state index contributed by atoms with van der Waals surface area (Å²) in [6.45, 7) is 5.28. The molecule has 8 heteroatoms. The molecule has 1 aliphatic rings. The van der Waals surface area contributed by atoms with Gasteiger partial charge in [0.15, 0.2) is 11.0 Å². The molecule has 1 unspecified atom stereocenters. The quantitative estimate of drug-likeness (QED) is 0.857. The van der Waals surface area contributed by atoms with E-state index in [-0.39, 0.29) is 11.8 Å². The van der Waals surface area contributed by atoms with Gasteiger partial charge in [0.1, 0.15) is 0 Å². The van der Waals surface area contributed by atoms with Gasteiger partial charge in [0.2, 0.25) is 5.91 Å². The highest BCUT2D eigenvalue weighted by Gasteiger charge is 2.28. The van der Waals surface area contributed by atoms with Gasteiger partial charge in [0, 0.05) is 30.8 Å². The number of rotatable bonds is 3. The molecule has 0 fully saturated rings. The Kier molecular flexibility index (Phi) is 3.96. The van der Waals surface area contributed by atoms with E-state index < -0.39 is 0 Å². The molecule has 7 nitrogen and oxygen atoms in total. The smallest absolute Gasteiger partial charge is 0.231 e.